The first-order valence-electron chi connectivity index (χ1n) is 5.49. The van der Waals surface area contributed by atoms with Gasteiger partial charge in [-0.05, 0) is 20.3 Å². The van der Waals surface area contributed by atoms with Gasteiger partial charge in [0.05, 0.1) is 11.9 Å². The van der Waals surface area contributed by atoms with Crippen molar-refractivity contribution in [3.05, 3.63) is 10.6 Å². The van der Waals surface area contributed by atoms with Crippen molar-refractivity contribution in [1.29, 1.82) is 0 Å². The number of hydrogen-bond donors (Lipinski definition) is 2. The summed E-state index contributed by atoms with van der Waals surface area (Å²) in [5, 5.41) is 3.03. The summed E-state index contributed by atoms with van der Waals surface area (Å²) >= 11 is 1.03. The molecular formula is C10H17N3O3S2. The summed E-state index contributed by atoms with van der Waals surface area (Å²) in [5.41, 5.74) is 0.520. The van der Waals surface area contributed by atoms with Gasteiger partial charge in [0.15, 0.2) is 5.13 Å². The lowest BCUT2D eigenvalue weighted by molar-refractivity contribution is 0.0942. The molecule has 0 aliphatic carbocycles. The Hall–Kier alpha value is -1.15. The molecule has 0 bridgehead atoms. The maximum atomic E-state index is 11.9. The highest BCUT2D eigenvalue weighted by molar-refractivity contribution is 7.92. The zero-order chi connectivity index (χ0) is 13.9. The van der Waals surface area contributed by atoms with E-state index in [1.54, 1.807) is 6.92 Å². The third-order valence-electron chi connectivity index (χ3n) is 2.27. The lowest BCUT2D eigenvalue weighted by atomic mass is 10.2. The van der Waals surface area contributed by atoms with Gasteiger partial charge >= 0.3 is 0 Å². The number of nitrogens with one attached hydrogen (secondary N) is 2. The van der Waals surface area contributed by atoms with Gasteiger partial charge in [-0.1, -0.05) is 18.3 Å². The number of hydrogen-bond acceptors (Lipinski definition) is 5. The number of carbonyl (C=O) groups excluding carboxylic acids is 1. The van der Waals surface area contributed by atoms with Crippen LogP contribution in [0.4, 0.5) is 5.13 Å². The van der Waals surface area contributed by atoms with Gasteiger partial charge in [-0.2, -0.15) is 0 Å². The van der Waals surface area contributed by atoms with Crippen LogP contribution >= 0.6 is 11.3 Å². The predicted molar refractivity (Wildman–Crippen MR) is 72.5 cm³/mol. The van der Waals surface area contributed by atoms with E-state index in [-0.39, 0.29) is 17.1 Å². The third-order valence-corrected chi connectivity index (χ3v) is 4.03. The van der Waals surface area contributed by atoms with Crippen molar-refractivity contribution in [3.63, 3.8) is 0 Å². The second kappa shape index (κ2) is 5.66. The summed E-state index contributed by atoms with van der Waals surface area (Å²) < 4.78 is 24.4. The fraction of sp³-hybridized carbons (Fsp3) is 0.600. The van der Waals surface area contributed by atoms with Crippen molar-refractivity contribution in [2.24, 2.45) is 0 Å². The van der Waals surface area contributed by atoms with Crippen LogP contribution in [0.3, 0.4) is 0 Å². The maximum absolute atomic E-state index is 11.9. The average molecular weight is 291 g/mol. The number of amides is 1. The van der Waals surface area contributed by atoms with Gasteiger partial charge in [-0.25, -0.2) is 13.4 Å². The van der Waals surface area contributed by atoms with E-state index in [4.69, 9.17) is 0 Å². The molecule has 0 radical (unpaired) electrons. The summed E-state index contributed by atoms with van der Waals surface area (Å²) in [6.07, 6.45) is 1.88. The minimum absolute atomic E-state index is 0.0744. The molecule has 0 saturated heterocycles. The smallest absolute Gasteiger partial charge is 0.263 e. The Balaban J connectivity index is 2.88. The molecule has 0 saturated carbocycles. The van der Waals surface area contributed by atoms with Crippen LogP contribution in [-0.2, 0) is 10.0 Å². The fourth-order valence-electron chi connectivity index (χ4n) is 1.20. The largest absolute Gasteiger partial charge is 0.349 e. The van der Waals surface area contributed by atoms with Gasteiger partial charge in [0.25, 0.3) is 5.91 Å². The molecule has 102 valence electrons. The highest BCUT2D eigenvalue weighted by Gasteiger charge is 2.17. The Morgan fingerprint density at radius 1 is 1.50 bits per heavy atom. The molecule has 8 heteroatoms. The minimum Gasteiger partial charge on any atom is -0.349 e. The molecule has 0 spiro atoms. The van der Waals surface area contributed by atoms with Crippen LogP contribution in [0.15, 0.2) is 0 Å². The molecule has 0 aliphatic rings. The number of anilines is 1. The van der Waals surface area contributed by atoms with E-state index in [0.29, 0.717) is 10.6 Å². The second-order valence-electron chi connectivity index (χ2n) is 4.09. The summed E-state index contributed by atoms with van der Waals surface area (Å²) in [4.78, 5) is 16.3. The van der Waals surface area contributed by atoms with E-state index in [0.717, 1.165) is 24.0 Å². The molecule has 0 unspecified atom stereocenters. The van der Waals surface area contributed by atoms with Crippen molar-refractivity contribution < 1.29 is 13.2 Å². The van der Waals surface area contributed by atoms with Crippen LogP contribution in [0.1, 0.15) is 35.6 Å². The SMILES string of the molecule is CC[C@@H](C)NC(=O)c1sc(NS(C)(=O)=O)nc1C. The van der Waals surface area contributed by atoms with Gasteiger partial charge in [-0.15, -0.1) is 0 Å². The number of aromatic nitrogens is 1. The number of aryl methyl sites for hydroxylation is 1. The lowest BCUT2D eigenvalue weighted by Crippen LogP contribution is -2.31. The van der Waals surface area contributed by atoms with Crippen molar-refractivity contribution in [1.82, 2.24) is 10.3 Å². The van der Waals surface area contributed by atoms with Gasteiger partial charge < -0.3 is 5.32 Å². The van der Waals surface area contributed by atoms with E-state index in [9.17, 15) is 13.2 Å². The van der Waals surface area contributed by atoms with Gasteiger partial charge in [0, 0.05) is 6.04 Å². The third kappa shape index (κ3) is 4.26. The molecule has 1 amide bonds. The standard InChI is InChI=1S/C10H17N3O3S2/c1-5-6(2)11-9(14)8-7(3)12-10(17-8)13-18(4,15)16/h6H,5H2,1-4H3,(H,11,14)(H,12,13)/t6-/m1/s1. The summed E-state index contributed by atoms with van der Waals surface area (Å²) in [6, 6.07) is 0.0744. The number of nitrogens with zero attached hydrogens (tertiary/aromatic N) is 1. The van der Waals surface area contributed by atoms with Crippen molar-refractivity contribution in [3.8, 4) is 0 Å². The topological polar surface area (TPSA) is 88.2 Å². The highest BCUT2D eigenvalue weighted by Crippen LogP contribution is 2.23. The molecule has 1 aromatic heterocycles. The number of carbonyl (C=O) groups is 1. The van der Waals surface area contributed by atoms with Gasteiger partial charge in [-0.3, -0.25) is 9.52 Å². The van der Waals surface area contributed by atoms with Gasteiger partial charge in [0.2, 0.25) is 10.0 Å². The van der Waals surface area contributed by atoms with Crippen molar-refractivity contribution in [2.45, 2.75) is 33.2 Å². The van der Waals surface area contributed by atoms with E-state index in [1.165, 1.54) is 0 Å². The Kier molecular flexibility index (Phi) is 4.69. The maximum Gasteiger partial charge on any atom is 0.263 e. The molecule has 1 aromatic rings. The van der Waals surface area contributed by atoms with Crippen LogP contribution in [0.5, 0.6) is 0 Å². The van der Waals surface area contributed by atoms with Crippen LogP contribution in [0.25, 0.3) is 0 Å². The van der Waals surface area contributed by atoms with E-state index in [1.807, 2.05) is 13.8 Å². The minimum atomic E-state index is -3.37. The van der Waals surface area contributed by atoms with Crippen LogP contribution in [0.2, 0.25) is 0 Å². The average Bonchev–Trinajstić information content (AvgIpc) is 2.56. The van der Waals surface area contributed by atoms with Crippen LogP contribution in [0, 0.1) is 6.92 Å². The van der Waals surface area contributed by atoms with Crippen molar-refractivity contribution >= 4 is 32.4 Å². The molecule has 1 atom stereocenters. The molecule has 2 N–H and O–H groups in total. The molecule has 18 heavy (non-hydrogen) atoms. The predicted octanol–water partition coefficient (Wildman–Crippen LogP) is 1.35. The first kappa shape index (κ1) is 14.9. The summed E-state index contributed by atoms with van der Waals surface area (Å²) in [5.74, 6) is -0.221. The Morgan fingerprint density at radius 2 is 2.11 bits per heavy atom. The second-order valence-corrected chi connectivity index (χ2v) is 6.84. The van der Waals surface area contributed by atoms with E-state index in [2.05, 4.69) is 15.0 Å². The Labute approximate surface area is 111 Å². The fourth-order valence-corrected chi connectivity index (χ4v) is 2.91. The van der Waals surface area contributed by atoms with Crippen molar-refractivity contribution in [2.75, 3.05) is 11.0 Å². The zero-order valence-corrected chi connectivity index (χ0v) is 12.4. The number of thiazole rings is 1. The molecule has 1 heterocycles. The molecule has 1 rings (SSSR count). The Morgan fingerprint density at radius 3 is 2.61 bits per heavy atom. The summed E-state index contributed by atoms with van der Waals surface area (Å²) in [7, 11) is -3.37. The zero-order valence-electron chi connectivity index (χ0n) is 10.8. The highest BCUT2D eigenvalue weighted by atomic mass is 32.2. The monoisotopic (exact) mass is 291 g/mol. The molecule has 0 aromatic carbocycles. The normalized spacial score (nSPS) is 13.1. The molecule has 6 nitrogen and oxygen atoms in total. The summed E-state index contributed by atoms with van der Waals surface area (Å²) in [6.45, 7) is 5.56. The first-order chi connectivity index (χ1) is 8.23. The molecule has 0 aliphatic heterocycles. The Bertz CT molecular complexity index is 537. The first-order valence-corrected chi connectivity index (χ1v) is 8.19. The van der Waals surface area contributed by atoms with Crippen LogP contribution in [-0.4, -0.2) is 31.6 Å². The lowest BCUT2D eigenvalue weighted by Gasteiger charge is -2.09. The van der Waals surface area contributed by atoms with Crippen LogP contribution < -0.4 is 10.0 Å². The quantitative estimate of drug-likeness (QED) is 0.857. The molecular weight excluding hydrogens is 274 g/mol. The van der Waals surface area contributed by atoms with Gasteiger partial charge in [0.1, 0.15) is 4.88 Å². The van der Waals surface area contributed by atoms with E-state index >= 15 is 0 Å². The number of sulfonamides is 1. The molecule has 0 fully saturated rings. The van der Waals surface area contributed by atoms with E-state index < -0.39 is 10.0 Å². The number of rotatable bonds is 5.